The van der Waals surface area contributed by atoms with E-state index in [1.54, 1.807) is 11.3 Å². The molecule has 1 nitrogen and oxygen atoms in total. The molecule has 0 spiro atoms. The van der Waals surface area contributed by atoms with Crippen LogP contribution < -0.4 is 5.32 Å². The number of hydrogen-bond acceptors (Lipinski definition) is 2. The Kier molecular flexibility index (Phi) is 3.39. The number of rotatable bonds is 3. The monoisotopic (exact) mass is 219 g/mol. The molecule has 0 aliphatic carbocycles. The summed E-state index contributed by atoms with van der Waals surface area (Å²) in [6.45, 7) is 1.06. The summed E-state index contributed by atoms with van der Waals surface area (Å²) >= 11 is 5.17. The highest BCUT2D eigenvalue weighted by Gasteiger charge is 1.94. The third kappa shape index (κ3) is 2.40. The molecule has 56 valence electrons. The van der Waals surface area contributed by atoms with Gasteiger partial charge in [0.15, 0.2) is 0 Å². The molecule has 0 aromatic carbocycles. The predicted octanol–water partition coefficient (Wildman–Crippen LogP) is 2.27. The molecule has 10 heavy (non-hydrogen) atoms. The molecule has 0 aliphatic heterocycles. The smallest absolute Gasteiger partial charge is 0.0701 e. The van der Waals surface area contributed by atoms with E-state index in [9.17, 15) is 0 Å². The average Bonchev–Trinajstić information content (AvgIpc) is 2.31. The fraction of sp³-hybridized carbons (Fsp3) is 0.429. The Morgan fingerprint density at radius 1 is 1.70 bits per heavy atom. The Morgan fingerprint density at radius 2 is 2.50 bits per heavy atom. The Labute approximate surface area is 73.6 Å². The third-order valence-corrected chi connectivity index (χ3v) is 2.84. The van der Waals surface area contributed by atoms with Crippen LogP contribution in [0.3, 0.4) is 0 Å². The summed E-state index contributed by atoms with van der Waals surface area (Å²) in [5.74, 6) is 0. The van der Waals surface area contributed by atoms with E-state index in [0.29, 0.717) is 0 Å². The maximum absolute atomic E-state index is 3.42. The normalized spacial score (nSPS) is 10.2. The fourth-order valence-electron chi connectivity index (χ4n) is 0.746. The highest BCUT2D eigenvalue weighted by molar-refractivity contribution is 9.11. The fourth-order valence-corrected chi connectivity index (χ4v) is 1.99. The molecule has 1 aromatic rings. The SMILES string of the molecule is CNCCc1csc(Br)c1. The van der Waals surface area contributed by atoms with E-state index in [1.807, 2.05) is 7.05 Å². The van der Waals surface area contributed by atoms with Gasteiger partial charge in [-0.05, 0) is 53.0 Å². The van der Waals surface area contributed by atoms with Gasteiger partial charge in [0.05, 0.1) is 3.79 Å². The molecule has 1 aromatic heterocycles. The average molecular weight is 220 g/mol. The molecule has 3 heteroatoms. The Hall–Kier alpha value is 0.140. The van der Waals surface area contributed by atoms with Gasteiger partial charge >= 0.3 is 0 Å². The molecule has 1 N–H and O–H groups in total. The minimum atomic E-state index is 1.06. The number of hydrogen-bond donors (Lipinski definition) is 1. The molecule has 0 aliphatic rings. The zero-order valence-corrected chi connectivity index (χ0v) is 8.26. The molecule has 0 unspecified atom stereocenters. The lowest BCUT2D eigenvalue weighted by atomic mass is 10.2. The van der Waals surface area contributed by atoms with E-state index in [1.165, 1.54) is 9.35 Å². The van der Waals surface area contributed by atoms with Crippen LogP contribution in [-0.4, -0.2) is 13.6 Å². The minimum absolute atomic E-state index is 1.06. The van der Waals surface area contributed by atoms with Crippen molar-refractivity contribution in [3.8, 4) is 0 Å². The molecule has 0 amide bonds. The molecule has 0 saturated heterocycles. The minimum Gasteiger partial charge on any atom is -0.319 e. The van der Waals surface area contributed by atoms with Crippen LogP contribution in [0, 0.1) is 0 Å². The Balaban J connectivity index is 2.42. The van der Waals surface area contributed by atoms with E-state index in [0.717, 1.165) is 13.0 Å². The lowest BCUT2D eigenvalue weighted by molar-refractivity contribution is 0.793. The zero-order valence-electron chi connectivity index (χ0n) is 5.86. The second-order valence-electron chi connectivity index (χ2n) is 2.11. The second kappa shape index (κ2) is 4.11. The summed E-state index contributed by atoms with van der Waals surface area (Å²) in [4.78, 5) is 0. The molecule has 1 heterocycles. The van der Waals surface area contributed by atoms with E-state index >= 15 is 0 Å². The lowest BCUT2D eigenvalue weighted by Crippen LogP contribution is -2.09. The first-order valence-corrected chi connectivity index (χ1v) is 4.87. The molecule has 0 fully saturated rings. The number of thiophene rings is 1. The van der Waals surface area contributed by atoms with Crippen molar-refractivity contribution in [2.24, 2.45) is 0 Å². The number of likely N-dealkylation sites (N-methyl/N-ethyl adjacent to an activating group) is 1. The van der Waals surface area contributed by atoms with Crippen LogP contribution in [0.4, 0.5) is 0 Å². The standard InChI is InChI=1S/C7H10BrNS/c1-9-3-2-6-4-7(8)10-5-6/h4-5,9H,2-3H2,1H3. The van der Waals surface area contributed by atoms with Gasteiger partial charge in [0.25, 0.3) is 0 Å². The maximum Gasteiger partial charge on any atom is 0.0701 e. The largest absolute Gasteiger partial charge is 0.319 e. The van der Waals surface area contributed by atoms with Crippen LogP contribution in [0.15, 0.2) is 15.2 Å². The second-order valence-corrected chi connectivity index (χ2v) is 4.40. The Bertz CT molecular complexity index is 197. The van der Waals surface area contributed by atoms with Gasteiger partial charge in [-0.25, -0.2) is 0 Å². The summed E-state index contributed by atoms with van der Waals surface area (Å²) in [5, 5.41) is 5.30. The first-order chi connectivity index (χ1) is 4.83. The van der Waals surface area contributed by atoms with Crippen molar-refractivity contribution in [2.75, 3.05) is 13.6 Å². The van der Waals surface area contributed by atoms with Gasteiger partial charge in [-0.15, -0.1) is 11.3 Å². The van der Waals surface area contributed by atoms with Gasteiger partial charge in [0, 0.05) is 0 Å². The number of halogens is 1. The lowest BCUT2D eigenvalue weighted by Gasteiger charge is -1.93. The molecular formula is C7H10BrNS. The molecule has 0 saturated carbocycles. The first kappa shape index (κ1) is 8.24. The van der Waals surface area contributed by atoms with Crippen molar-refractivity contribution in [2.45, 2.75) is 6.42 Å². The van der Waals surface area contributed by atoms with Crippen LogP contribution in [0.5, 0.6) is 0 Å². The van der Waals surface area contributed by atoms with Gasteiger partial charge in [-0.3, -0.25) is 0 Å². The van der Waals surface area contributed by atoms with Crippen LogP contribution >= 0.6 is 27.3 Å². The van der Waals surface area contributed by atoms with E-state index in [4.69, 9.17) is 0 Å². The summed E-state index contributed by atoms with van der Waals surface area (Å²) in [6.07, 6.45) is 1.12. The Morgan fingerprint density at radius 3 is 3.00 bits per heavy atom. The maximum atomic E-state index is 3.42. The van der Waals surface area contributed by atoms with Gasteiger partial charge in [-0.2, -0.15) is 0 Å². The van der Waals surface area contributed by atoms with Crippen LogP contribution in [-0.2, 0) is 6.42 Å². The van der Waals surface area contributed by atoms with Gasteiger partial charge in [-0.1, -0.05) is 0 Å². The van der Waals surface area contributed by atoms with Crippen molar-refractivity contribution in [1.82, 2.24) is 5.32 Å². The number of nitrogens with one attached hydrogen (secondary N) is 1. The quantitative estimate of drug-likeness (QED) is 0.823. The van der Waals surface area contributed by atoms with E-state index in [2.05, 4.69) is 32.7 Å². The summed E-state index contributed by atoms with van der Waals surface area (Å²) in [7, 11) is 1.97. The van der Waals surface area contributed by atoms with Crippen molar-refractivity contribution < 1.29 is 0 Å². The molecule has 0 bridgehead atoms. The van der Waals surface area contributed by atoms with E-state index < -0.39 is 0 Å². The summed E-state index contributed by atoms with van der Waals surface area (Å²) in [6, 6.07) is 2.17. The molecule has 0 atom stereocenters. The van der Waals surface area contributed by atoms with Gasteiger partial charge in [0.2, 0.25) is 0 Å². The van der Waals surface area contributed by atoms with Gasteiger partial charge < -0.3 is 5.32 Å². The summed E-state index contributed by atoms with van der Waals surface area (Å²) < 4.78 is 1.22. The molecular weight excluding hydrogens is 210 g/mol. The molecule has 0 radical (unpaired) electrons. The van der Waals surface area contributed by atoms with Crippen LogP contribution in [0.1, 0.15) is 5.56 Å². The topological polar surface area (TPSA) is 12.0 Å². The third-order valence-electron chi connectivity index (χ3n) is 1.29. The van der Waals surface area contributed by atoms with E-state index in [-0.39, 0.29) is 0 Å². The van der Waals surface area contributed by atoms with Crippen molar-refractivity contribution >= 4 is 27.3 Å². The molecule has 1 rings (SSSR count). The zero-order chi connectivity index (χ0) is 7.40. The van der Waals surface area contributed by atoms with Gasteiger partial charge in [0.1, 0.15) is 0 Å². The first-order valence-electron chi connectivity index (χ1n) is 3.20. The predicted molar refractivity (Wildman–Crippen MR) is 49.6 cm³/mol. The highest BCUT2D eigenvalue weighted by Crippen LogP contribution is 2.20. The van der Waals surface area contributed by atoms with Crippen molar-refractivity contribution in [3.05, 3.63) is 20.8 Å². The highest BCUT2D eigenvalue weighted by atomic mass is 79.9. The van der Waals surface area contributed by atoms with Crippen molar-refractivity contribution in [1.29, 1.82) is 0 Å². The van der Waals surface area contributed by atoms with Crippen LogP contribution in [0.2, 0.25) is 0 Å². The van der Waals surface area contributed by atoms with Crippen molar-refractivity contribution in [3.63, 3.8) is 0 Å². The van der Waals surface area contributed by atoms with Crippen LogP contribution in [0.25, 0.3) is 0 Å². The summed E-state index contributed by atoms with van der Waals surface area (Å²) in [5.41, 5.74) is 1.41.